The molecule has 1 aliphatic rings. The molecule has 2 aromatic rings. The molecule has 1 aliphatic heterocycles. The van der Waals surface area contributed by atoms with Crippen molar-refractivity contribution in [3.05, 3.63) is 29.2 Å². The number of aromatic nitrogens is 1. The van der Waals surface area contributed by atoms with Gasteiger partial charge in [-0.2, -0.15) is 0 Å². The van der Waals surface area contributed by atoms with Crippen LogP contribution in [0.3, 0.4) is 0 Å². The summed E-state index contributed by atoms with van der Waals surface area (Å²) in [5, 5.41) is 3.41. The molecular formula is C12H14N2O. The summed E-state index contributed by atoms with van der Waals surface area (Å²) in [4.78, 5) is 4.47. The number of oxazole rings is 1. The van der Waals surface area contributed by atoms with Crippen molar-refractivity contribution >= 4 is 11.1 Å². The van der Waals surface area contributed by atoms with Crippen molar-refractivity contribution in [1.82, 2.24) is 10.3 Å². The van der Waals surface area contributed by atoms with E-state index < -0.39 is 0 Å². The van der Waals surface area contributed by atoms with Crippen molar-refractivity contribution in [2.45, 2.75) is 19.8 Å². The Balaban J connectivity index is 2.26. The lowest BCUT2D eigenvalue weighted by Crippen LogP contribution is -2.16. The first kappa shape index (κ1) is 8.92. The van der Waals surface area contributed by atoms with Crippen LogP contribution in [0.4, 0.5) is 0 Å². The van der Waals surface area contributed by atoms with E-state index >= 15 is 0 Å². The Morgan fingerprint density at radius 3 is 3.07 bits per heavy atom. The van der Waals surface area contributed by atoms with Crippen LogP contribution in [-0.4, -0.2) is 18.1 Å². The van der Waals surface area contributed by atoms with Gasteiger partial charge in [0.1, 0.15) is 5.52 Å². The van der Waals surface area contributed by atoms with Crippen LogP contribution in [-0.2, 0) is 12.8 Å². The molecule has 78 valence electrons. The smallest absolute Gasteiger partial charge is 0.192 e. The maximum Gasteiger partial charge on any atom is 0.192 e. The van der Waals surface area contributed by atoms with Crippen LogP contribution < -0.4 is 5.32 Å². The van der Waals surface area contributed by atoms with Crippen LogP contribution in [0.2, 0.25) is 0 Å². The summed E-state index contributed by atoms with van der Waals surface area (Å²) < 4.78 is 5.54. The predicted molar refractivity (Wildman–Crippen MR) is 59.0 cm³/mol. The van der Waals surface area contributed by atoms with Crippen LogP contribution >= 0.6 is 0 Å². The van der Waals surface area contributed by atoms with Gasteiger partial charge in [0.2, 0.25) is 0 Å². The van der Waals surface area contributed by atoms with Gasteiger partial charge in [-0.1, -0.05) is 6.07 Å². The third kappa shape index (κ3) is 1.43. The Kier molecular flexibility index (Phi) is 1.99. The molecule has 0 fully saturated rings. The van der Waals surface area contributed by atoms with Crippen molar-refractivity contribution < 1.29 is 4.42 Å². The summed E-state index contributed by atoms with van der Waals surface area (Å²) in [6, 6.07) is 4.22. The van der Waals surface area contributed by atoms with E-state index in [0.717, 1.165) is 42.9 Å². The van der Waals surface area contributed by atoms with Crippen molar-refractivity contribution in [2.24, 2.45) is 0 Å². The van der Waals surface area contributed by atoms with E-state index in [2.05, 4.69) is 16.4 Å². The molecule has 3 rings (SSSR count). The lowest BCUT2D eigenvalue weighted by Gasteiger charge is -2.03. The molecule has 0 saturated heterocycles. The minimum absolute atomic E-state index is 0.760. The molecule has 3 heteroatoms. The molecule has 0 unspecified atom stereocenters. The molecule has 0 atom stereocenters. The first-order valence-corrected chi connectivity index (χ1v) is 5.43. The number of nitrogens with one attached hydrogen (secondary N) is 1. The molecule has 3 nitrogen and oxygen atoms in total. The second-order valence-corrected chi connectivity index (χ2v) is 4.03. The molecule has 15 heavy (non-hydrogen) atoms. The highest BCUT2D eigenvalue weighted by Crippen LogP contribution is 2.24. The lowest BCUT2D eigenvalue weighted by atomic mass is 10.0. The van der Waals surface area contributed by atoms with E-state index in [0.29, 0.717) is 0 Å². The maximum atomic E-state index is 5.54. The van der Waals surface area contributed by atoms with Crippen molar-refractivity contribution in [3.8, 4) is 0 Å². The predicted octanol–water partition coefficient (Wildman–Crippen LogP) is 1.82. The van der Waals surface area contributed by atoms with Gasteiger partial charge in [0.05, 0.1) is 0 Å². The number of rotatable bonds is 0. The Morgan fingerprint density at radius 1 is 1.27 bits per heavy atom. The molecule has 0 amide bonds. The highest BCUT2D eigenvalue weighted by molar-refractivity contribution is 5.78. The fourth-order valence-electron chi connectivity index (χ4n) is 2.28. The summed E-state index contributed by atoms with van der Waals surface area (Å²) in [5.41, 5.74) is 4.78. The van der Waals surface area contributed by atoms with Crippen LogP contribution in [0, 0.1) is 6.92 Å². The maximum absolute atomic E-state index is 5.54. The average molecular weight is 202 g/mol. The Labute approximate surface area is 88.5 Å². The molecule has 1 aromatic heterocycles. The van der Waals surface area contributed by atoms with Gasteiger partial charge in [0.15, 0.2) is 11.5 Å². The monoisotopic (exact) mass is 202 g/mol. The van der Waals surface area contributed by atoms with E-state index in [1.165, 1.54) is 11.1 Å². The fraction of sp³-hybridized carbons (Fsp3) is 0.417. The average Bonchev–Trinajstić information content (AvgIpc) is 2.48. The van der Waals surface area contributed by atoms with Gasteiger partial charge < -0.3 is 9.73 Å². The molecule has 0 spiro atoms. The standard InChI is InChI=1S/C12H14N2O/c1-8-14-12-10-5-7-13-6-4-9(10)2-3-11(12)15-8/h2-3,13H,4-7H2,1H3. The number of hydrogen-bond acceptors (Lipinski definition) is 3. The number of fused-ring (bicyclic) bond motifs is 3. The number of benzene rings is 1. The highest BCUT2D eigenvalue weighted by atomic mass is 16.3. The van der Waals surface area contributed by atoms with Gasteiger partial charge in [0.25, 0.3) is 0 Å². The second kappa shape index (κ2) is 3.35. The molecule has 1 aromatic carbocycles. The zero-order chi connectivity index (χ0) is 10.3. The third-order valence-corrected chi connectivity index (χ3v) is 2.99. The van der Waals surface area contributed by atoms with Crippen LogP contribution in [0.1, 0.15) is 17.0 Å². The van der Waals surface area contributed by atoms with Gasteiger partial charge >= 0.3 is 0 Å². The normalized spacial score (nSPS) is 16.3. The summed E-state index contributed by atoms with van der Waals surface area (Å²) in [7, 11) is 0. The van der Waals surface area contributed by atoms with Gasteiger partial charge in [-0.25, -0.2) is 4.98 Å². The van der Waals surface area contributed by atoms with Gasteiger partial charge in [-0.05, 0) is 43.1 Å². The van der Waals surface area contributed by atoms with Crippen LogP contribution in [0.25, 0.3) is 11.1 Å². The van der Waals surface area contributed by atoms with E-state index in [-0.39, 0.29) is 0 Å². The molecule has 0 aliphatic carbocycles. The molecule has 0 saturated carbocycles. The minimum atomic E-state index is 0.760. The molecule has 2 heterocycles. The fourth-order valence-corrected chi connectivity index (χ4v) is 2.28. The lowest BCUT2D eigenvalue weighted by molar-refractivity contribution is 0.561. The zero-order valence-electron chi connectivity index (χ0n) is 8.84. The van der Waals surface area contributed by atoms with Gasteiger partial charge in [0, 0.05) is 6.92 Å². The van der Waals surface area contributed by atoms with E-state index in [1.54, 1.807) is 0 Å². The summed E-state index contributed by atoms with van der Waals surface area (Å²) >= 11 is 0. The molecule has 1 N–H and O–H groups in total. The number of aryl methyl sites for hydroxylation is 1. The van der Waals surface area contributed by atoms with Crippen molar-refractivity contribution in [3.63, 3.8) is 0 Å². The minimum Gasteiger partial charge on any atom is -0.441 e. The van der Waals surface area contributed by atoms with Crippen LogP contribution in [0.5, 0.6) is 0 Å². The van der Waals surface area contributed by atoms with E-state index in [4.69, 9.17) is 4.42 Å². The number of hydrogen-bond donors (Lipinski definition) is 1. The van der Waals surface area contributed by atoms with E-state index in [9.17, 15) is 0 Å². The Hall–Kier alpha value is -1.35. The Morgan fingerprint density at radius 2 is 2.13 bits per heavy atom. The highest BCUT2D eigenvalue weighted by Gasteiger charge is 2.14. The van der Waals surface area contributed by atoms with Crippen molar-refractivity contribution in [1.29, 1.82) is 0 Å². The topological polar surface area (TPSA) is 38.1 Å². The number of nitrogens with zero attached hydrogens (tertiary/aromatic N) is 1. The molecule has 0 bridgehead atoms. The quantitative estimate of drug-likeness (QED) is 0.708. The second-order valence-electron chi connectivity index (χ2n) is 4.03. The van der Waals surface area contributed by atoms with Crippen molar-refractivity contribution in [2.75, 3.05) is 13.1 Å². The molecular weight excluding hydrogens is 188 g/mol. The van der Waals surface area contributed by atoms with Crippen LogP contribution in [0.15, 0.2) is 16.5 Å². The largest absolute Gasteiger partial charge is 0.441 e. The SMILES string of the molecule is Cc1nc2c3c(ccc2o1)CCNCC3. The summed E-state index contributed by atoms with van der Waals surface area (Å²) in [6.07, 6.45) is 2.15. The zero-order valence-corrected chi connectivity index (χ0v) is 8.84. The van der Waals surface area contributed by atoms with Gasteiger partial charge in [-0.3, -0.25) is 0 Å². The van der Waals surface area contributed by atoms with E-state index in [1.807, 2.05) is 13.0 Å². The summed E-state index contributed by atoms with van der Waals surface area (Å²) in [5.74, 6) is 0.760. The summed E-state index contributed by atoms with van der Waals surface area (Å²) in [6.45, 7) is 4.01. The first-order chi connectivity index (χ1) is 7.34. The first-order valence-electron chi connectivity index (χ1n) is 5.43. The van der Waals surface area contributed by atoms with Gasteiger partial charge in [-0.15, -0.1) is 0 Å². The molecule has 0 radical (unpaired) electrons. The Bertz CT molecular complexity index is 502. The third-order valence-electron chi connectivity index (χ3n) is 2.99.